The van der Waals surface area contributed by atoms with Gasteiger partial charge in [0.1, 0.15) is 0 Å². The minimum Gasteiger partial charge on any atom is -0.350 e. The highest BCUT2D eigenvalue weighted by Crippen LogP contribution is 2.27. The van der Waals surface area contributed by atoms with Crippen LogP contribution in [0.4, 0.5) is 5.69 Å². The van der Waals surface area contributed by atoms with Crippen LogP contribution in [-0.4, -0.2) is 28.1 Å². The molecule has 8 heteroatoms. The normalized spacial score (nSPS) is 11.0. The van der Waals surface area contributed by atoms with Gasteiger partial charge < -0.3 is 10.6 Å². The average molecular weight is 428 g/mol. The van der Waals surface area contributed by atoms with Gasteiger partial charge in [0.05, 0.1) is 21.4 Å². The highest BCUT2D eigenvalue weighted by atomic mass is 79.9. The molecule has 1 aromatic heterocycles. The van der Waals surface area contributed by atoms with Gasteiger partial charge in [0, 0.05) is 11.1 Å². The fourth-order valence-corrected chi connectivity index (χ4v) is 3.20. The summed E-state index contributed by atoms with van der Waals surface area (Å²) in [5, 5.41) is 12.8. The van der Waals surface area contributed by atoms with E-state index in [0.717, 1.165) is 5.69 Å². The number of anilines is 1. The van der Waals surface area contributed by atoms with Crippen molar-refractivity contribution < 1.29 is 9.59 Å². The summed E-state index contributed by atoms with van der Waals surface area (Å²) in [6.07, 6.45) is 0. The largest absolute Gasteiger partial charge is 0.350 e. The van der Waals surface area contributed by atoms with E-state index in [1.54, 1.807) is 18.2 Å². The third-order valence-electron chi connectivity index (χ3n) is 3.42. The summed E-state index contributed by atoms with van der Waals surface area (Å²) < 4.78 is 0.607. The van der Waals surface area contributed by atoms with E-state index in [4.69, 9.17) is 11.6 Å². The molecule has 0 saturated carbocycles. The number of hydrogen-bond acceptors (Lipinski definition) is 3. The second kappa shape index (κ2) is 8.01. The Morgan fingerprint density at radius 2 is 1.88 bits per heavy atom. The number of benzene rings is 1. The first kappa shape index (κ1) is 19.5. The molecule has 2 amide bonds. The maximum atomic E-state index is 12.6. The topological polar surface area (TPSA) is 86.9 Å². The quantitative estimate of drug-likeness (QED) is 0.663. The van der Waals surface area contributed by atoms with Gasteiger partial charge in [-0.05, 0) is 53.9 Å². The van der Waals surface area contributed by atoms with Crippen molar-refractivity contribution in [3.63, 3.8) is 0 Å². The number of nitrogens with one attached hydrogen (secondary N) is 3. The molecule has 2 aromatic rings. The number of nitrogens with zero attached hydrogens (tertiary/aromatic N) is 1. The lowest BCUT2D eigenvalue weighted by Crippen LogP contribution is -2.31. The zero-order valence-corrected chi connectivity index (χ0v) is 16.7. The number of amides is 2. The molecule has 0 radical (unpaired) electrons. The van der Waals surface area contributed by atoms with E-state index in [1.807, 2.05) is 27.7 Å². The van der Waals surface area contributed by atoms with E-state index in [-0.39, 0.29) is 23.6 Å². The van der Waals surface area contributed by atoms with E-state index in [9.17, 15) is 9.59 Å². The van der Waals surface area contributed by atoms with Crippen molar-refractivity contribution in [3.05, 3.63) is 44.6 Å². The Morgan fingerprint density at radius 1 is 1.20 bits per heavy atom. The van der Waals surface area contributed by atoms with Crippen molar-refractivity contribution in [1.82, 2.24) is 15.5 Å². The Balaban J connectivity index is 2.32. The highest BCUT2D eigenvalue weighted by Gasteiger charge is 2.21. The Kier molecular flexibility index (Phi) is 6.24. The standard InChI is InChI=1S/C17H20BrClN4O2/c1-8(2)14-13(18)15(23-22-14)17(25)21-12-7-10(19)5-6-11(12)16(24)20-9(3)4/h5-9H,1-4H3,(H,20,24)(H,21,25)(H,22,23). The van der Waals surface area contributed by atoms with Crippen LogP contribution in [0, 0.1) is 0 Å². The lowest BCUT2D eigenvalue weighted by atomic mass is 10.1. The third-order valence-corrected chi connectivity index (χ3v) is 4.46. The van der Waals surface area contributed by atoms with Crippen LogP contribution in [0.5, 0.6) is 0 Å². The van der Waals surface area contributed by atoms with Crippen LogP contribution in [0.15, 0.2) is 22.7 Å². The molecule has 0 fully saturated rings. The first-order valence-electron chi connectivity index (χ1n) is 7.86. The number of halogens is 2. The second-order valence-corrected chi connectivity index (χ2v) is 7.46. The zero-order chi connectivity index (χ0) is 18.7. The smallest absolute Gasteiger partial charge is 0.277 e. The van der Waals surface area contributed by atoms with Crippen molar-refractivity contribution in [2.45, 2.75) is 39.7 Å². The number of rotatable bonds is 5. The number of H-pyrrole nitrogens is 1. The highest BCUT2D eigenvalue weighted by molar-refractivity contribution is 9.10. The molecular formula is C17H20BrClN4O2. The van der Waals surface area contributed by atoms with Crippen LogP contribution in [0.3, 0.4) is 0 Å². The predicted molar refractivity (Wildman–Crippen MR) is 102 cm³/mol. The molecule has 0 aliphatic carbocycles. The van der Waals surface area contributed by atoms with Gasteiger partial charge in [0.15, 0.2) is 5.69 Å². The molecule has 0 atom stereocenters. The van der Waals surface area contributed by atoms with Gasteiger partial charge in [-0.2, -0.15) is 5.10 Å². The SMILES string of the molecule is CC(C)NC(=O)c1ccc(Cl)cc1NC(=O)c1n[nH]c(C(C)C)c1Br. The number of aromatic amines is 1. The van der Waals surface area contributed by atoms with Crippen molar-refractivity contribution in [3.8, 4) is 0 Å². The number of aromatic nitrogens is 2. The van der Waals surface area contributed by atoms with E-state index < -0.39 is 5.91 Å². The molecule has 0 bridgehead atoms. The van der Waals surface area contributed by atoms with Crippen LogP contribution in [0.2, 0.25) is 5.02 Å². The Bertz CT molecular complexity index is 802. The summed E-state index contributed by atoms with van der Waals surface area (Å²) in [6.45, 7) is 7.71. The van der Waals surface area contributed by atoms with Gasteiger partial charge in [-0.25, -0.2) is 0 Å². The number of carbonyl (C=O) groups is 2. The van der Waals surface area contributed by atoms with Crippen LogP contribution in [0.25, 0.3) is 0 Å². The van der Waals surface area contributed by atoms with Gasteiger partial charge >= 0.3 is 0 Å². The second-order valence-electron chi connectivity index (χ2n) is 6.23. The molecule has 2 rings (SSSR count). The molecule has 25 heavy (non-hydrogen) atoms. The lowest BCUT2D eigenvalue weighted by Gasteiger charge is -2.13. The molecule has 0 aliphatic rings. The van der Waals surface area contributed by atoms with E-state index in [2.05, 4.69) is 36.8 Å². The van der Waals surface area contributed by atoms with Gasteiger partial charge in [-0.3, -0.25) is 14.7 Å². The summed E-state index contributed by atoms with van der Waals surface area (Å²) in [5.41, 5.74) is 1.71. The third kappa shape index (κ3) is 4.61. The van der Waals surface area contributed by atoms with E-state index >= 15 is 0 Å². The first-order valence-corrected chi connectivity index (χ1v) is 9.03. The first-order chi connectivity index (χ1) is 11.7. The van der Waals surface area contributed by atoms with Crippen LogP contribution >= 0.6 is 27.5 Å². The average Bonchev–Trinajstić information content (AvgIpc) is 2.88. The summed E-state index contributed by atoms with van der Waals surface area (Å²) in [5.74, 6) is -0.538. The van der Waals surface area contributed by atoms with Gasteiger partial charge in [0.2, 0.25) is 0 Å². The summed E-state index contributed by atoms with van der Waals surface area (Å²) in [4.78, 5) is 24.9. The van der Waals surface area contributed by atoms with Crippen LogP contribution < -0.4 is 10.6 Å². The number of carbonyl (C=O) groups excluding carboxylic acids is 2. The molecule has 0 spiro atoms. The Labute approximate surface area is 159 Å². The molecule has 0 saturated heterocycles. The van der Waals surface area contributed by atoms with E-state index in [1.165, 1.54) is 0 Å². The maximum Gasteiger partial charge on any atom is 0.277 e. The maximum absolute atomic E-state index is 12.6. The minimum atomic E-state index is -0.434. The molecule has 134 valence electrons. The summed E-state index contributed by atoms with van der Waals surface area (Å²) >= 11 is 9.42. The fraction of sp³-hybridized carbons (Fsp3) is 0.353. The van der Waals surface area contributed by atoms with Crippen molar-refractivity contribution in [2.24, 2.45) is 0 Å². The zero-order valence-electron chi connectivity index (χ0n) is 14.4. The molecule has 1 heterocycles. The van der Waals surface area contributed by atoms with E-state index in [0.29, 0.717) is 20.7 Å². The molecule has 1 aromatic carbocycles. The summed E-state index contributed by atoms with van der Waals surface area (Å²) in [6, 6.07) is 4.70. The monoisotopic (exact) mass is 426 g/mol. The van der Waals surface area contributed by atoms with Gasteiger partial charge in [0.25, 0.3) is 11.8 Å². The van der Waals surface area contributed by atoms with Gasteiger partial charge in [-0.15, -0.1) is 0 Å². The van der Waals surface area contributed by atoms with Crippen molar-refractivity contribution in [2.75, 3.05) is 5.32 Å². The Morgan fingerprint density at radius 3 is 2.44 bits per heavy atom. The van der Waals surface area contributed by atoms with Gasteiger partial charge in [-0.1, -0.05) is 25.4 Å². The molecule has 0 unspecified atom stereocenters. The van der Waals surface area contributed by atoms with Crippen LogP contribution in [-0.2, 0) is 0 Å². The van der Waals surface area contributed by atoms with Crippen molar-refractivity contribution >= 4 is 45.0 Å². The number of hydrogen-bond donors (Lipinski definition) is 3. The predicted octanol–water partition coefficient (Wildman–Crippen LogP) is 4.34. The molecule has 0 aliphatic heterocycles. The molecule has 3 N–H and O–H groups in total. The van der Waals surface area contributed by atoms with Crippen LogP contribution in [0.1, 0.15) is 60.2 Å². The molecule has 6 nitrogen and oxygen atoms in total. The lowest BCUT2D eigenvalue weighted by molar-refractivity contribution is 0.0944. The fourth-order valence-electron chi connectivity index (χ4n) is 2.21. The molecular weight excluding hydrogens is 408 g/mol. The Hall–Kier alpha value is -1.86. The summed E-state index contributed by atoms with van der Waals surface area (Å²) in [7, 11) is 0. The van der Waals surface area contributed by atoms with Crippen molar-refractivity contribution in [1.29, 1.82) is 0 Å². The minimum absolute atomic E-state index is 0.0270.